The topological polar surface area (TPSA) is 38.9 Å². The number of rotatable bonds is 1. The molecule has 0 amide bonds. The van der Waals surface area contributed by atoms with Crippen LogP contribution in [0.5, 0.6) is 0 Å². The van der Waals surface area contributed by atoms with Gasteiger partial charge in [0.25, 0.3) is 0 Å². The second kappa shape index (κ2) is 2.91. The molecule has 1 unspecified atom stereocenters. The van der Waals surface area contributed by atoms with Gasteiger partial charge in [-0.15, -0.1) is 11.3 Å². The maximum Gasteiger partial charge on any atom is 0.0797 e. The Hall–Kier alpha value is -0.410. The smallest absolute Gasteiger partial charge is 0.0797 e. The van der Waals surface area contributed by atoms with E-state index in [1.807, 2.05) is 5.51 Å². The van der Waals surface area contributed by atoms with Gasteiger partial charge in [-0.25, -0.2) is 4.98 Å². The molecule has 0 saturated carbocycles. The zero-order valence-corrected chi connectivity index (χ0v) is 7.23. The molecular formula is C8H12N2S. The standard InChI is InChI=1S/C8H12N2S/c9-4-6-2-1-3-7-8(6)10-5-11-7/h5-6H,1-4,9H2. The van der Waals surface area contributed by atoms with Crippen molar-refractivity contribution in [3.8, 4) is 0 Å². The Morgan fingerprint density at radius 1 is 1.73 bits per heavy atom. The second-order valence-corrected chi connectivity index (χ2v) is 3.92. The molecule has 1 aromatic heterocycles. The Labute approximate surface area is 70.5 Å². The SMILES string of the molecule is NCC1CCCc2scnc21. The summed E-state index contributed by atoms with van der Waals surface area (Å²) in [5.41, 5.74) is 8.87. The van der Waals surface area contributed by atoms with Crippen LogP contribution in [0.25, 0.3) is 0 Å². The molecule has 2 N–H and O–H groups in total. The third kappa shape index (κ3) is 1.19. The first-order valence-electron chi connectivity index (χ1n) is 4.04. The van der Waals surface area contributed by atoms with Crippen LogP contribution >= 0.6 is 11.3 Å². The van der Waals surface area contributed by atoms with Crippen molar-refractivity contribution >= 4 is 11.3 Å². The van der Waals surface area contributed by atoms with Crippen molar-refractivity contribution in [2.45, 2.75) is 25.2 Å². The maximum absolute atomic E-state index is 5.64. The number of hydrogen-bond acceptors (Lipinski definition) is 3. The summed E-state index contributed by atoms with van der Waals surface area (Å²) in [4.78, 5) is 5.81. The van der Waals surface area contributed by atoms with Crippen LogP contribution in [0.15, 0.2) is 5.51 Å². The normalized spacial score (nSPS) is 23.2. The third-order valence-corrected chi connectivity index (χ3v) is 3.21. The molecule has 1 atom stereocenters. The average molecular weight is 168 g/mol. The van der Waals surface area contributed by atoms with Crippen LogP contribution in [-0.2, 0) is 6.42 Å². The van der Waals surface area contributed by atoms with E-state index in [2.05, 4.69) is 4.98 Å². The Balaban J connectivity index is 2.32. The molecule has 1 heterocycles. The molecule has 0 aliphatic heterocycles. The van der Waals surface area contributed by atoms with Crippen LogP contribution in [0.2, 0.25) is 0 Å². The third-order valence-electron chi connectivity index (χ3n) is 2.30. The number of aryl methyl sites for hydroxylation is 1. The lowest BCUT2D eigenvalue weighted by Gasteiger charge is -2.18. The molecule has 0 bridgehead atoms. The van der Waals surface area contributed by atoms with Gasteiger partial charge in [0.05, 0.1) is 11.2 Å². The van der Waals surface area contributed by atoms with E-state index in [1.54, 1.807) is 11.3 Å². The number of thiazole rings is 1. The summed E-state index contributed by atoms with van der Waals surface area (Å²) in [6.45, 7) is 0.761. The van der Waals surface area contributed by atoms with E-state index in [9.17, 15) is 0 Å². The van der Waals surface area contributed by atoms with Crippen LogP contribution in [0.3, 0.4) is 0 Å². The lowest BCUT2D eigenvalue weighted by molar-refractivity contribution is 0.554. The Kier molecular flexibility index (Phi) is 1.92. The zero-order valence-electron chi connectivity index (χ0n) is 6.42. The van der Waals surface area contributed by atoms with Crippen molar-refractivity contribution in [2.75, 3.05) is 6.54 Å². The molecular weight excluding hydrogens is 156 g/mol. The minimum atomic E-state index is 0.546. The molecule has 0 radical (unpaired) electrons. The van der Waals surface area contributed by atoms with Crippen LogP contribution in [-0.4, -0.2) is 11.5 Å². The predicted octanol–water partition coefficient (Wildman–Crippen LogP) is 1.52. The Morgan fingerprint density at radius 2 is 2.64 bits per heavy atom. The highest BCUT2D eigenvalue weighted by molar-refractivity contribution is 7.09. The monoisotopic (exact) mass is 168 g/mol. The minimum absolute atomic E-state index is 0.546. The fourth-order valence-electron chi connectivity index (χ4n) is 1.67. The molecule has 0 aromatic carbocycles. The molecule has 0 fully saturated rings. The summed E-state index contributed by atoms with van der Waals surface area (Å²) in [5.74, 6) is 0.546. The fourth-order valence-corrected chi connectivity index (χ4v) is 2.57. The van der Waals surface area contributed by atoms with Gasteiger partial charge in [0, 0.05) is 17.3 Å². The largest absolute Gasteiger partial charge is 0.330 e. The maximum atomic E-state index is 5.64. The van der Waals surface area contributed by atoms with Gasteiger partial charge in [0.15, 0.2) is 0 Å². The summed E-state index contributed by atoms with van der Waals surface area (Å²) >= 11 is 1.78. The summed E-state index contributed by atoms with van der Waals surface area (Å²) in [7, 11) is 0. The number of hydrogen-bond donors (Lipinski definition) is 1. The summed E-state index contributed by atoms with van der Waals surface area (Å²) in [6.07, 6.45) is 3.74. The molecule has 1 aliphatic rings. The quantitative estimate of drug-likeness (QED) is 0.690. The van der Waals surface area contributed by atoms with Gasteiger partial charge in [-0.3, -0.25) is 0 Å². The first kappa shape index (κ1) is 7.25. The van der Waals surface area contributed by atoms with Gasteiger partial charge in [-0.2, -0.15) is 0 Å². The highest BCUT2D eigenvalue weighted by Crippen LogP contribution is 2.31. The lowest BCUT2D eigenvalue weighted by atomic mass is 9.91. The van der Waals surface area contributed by atoms with Gasteiger partial charge in [0.1, 0.15) is 0 Å². The Bertz CT molecular complexity index is 244. The van der Waals surface area contributed by atoms with E-state index < -0.39 is 0 Å². The fraction of sp³-hybridized carbons (Fsp3) is 0.625. The molecule has 0 saturated heterocycles. The van der Waals surface area contributed by atoms with Gasteiger partial charge in [-0.05, 0) is 19.3 Å². The van der Waals surface area contributed by atoms with E-state index >= 15 is 0 Å². The highest BCUT2D eigenvalue weighted by atomic mass is 32.1. The molecule has 3 heteroatoms. The molecule has 0 spiro atoms. The highest BCUT2D eigenvalue weighted by Gasteiger charge is 2.20. The van der Waals surface area contributed by atoms with Crippen molar-refractivity contribution in [3.05, 3.63) is 16.1 Å². The molecule has 2 nitrogen and oxygen atoms in total. The molecule has 1 aliphatic carbocycles. The van der Waals surface area contributed by atoms with Gasteiger partial charge in [0.2, 0.25) is 0 Å². The molecule has 1 aromatic rings. The van der Waals surface area contributed by atoms with Crippen LogP contribution in [0, 0.1) is 0 Å². The van der Waals surface area contributed by atoms with Crippen LogP contribution < -0.4 is 5.73 Å². The minimum Gasteiger partial charge on any atom is -0.330 e. The van der Waals surface area contributed by atoms with Crippen molar-refractivity contribution in [1.82, 2.24) is 4.98 Å². The Morgan fingerprint density at radius 3 is 3.45 bits per heavy atom. The molecule has 2 rings (SSSR count). The van der Waals surface area contributed by atoms with E-state index in [4.69, 9.17) is 5.73 Å². The number of nitrogens with two attached hydrogens (primary N) is 1. The van der Waals surface area contributed by atoms with Crippen molar-refractivity contribution in [3.63, 3.8) is 0 Å². The van der Waals surface area contributed by atoms with Crippen molar-refractivity contribution in [1.29, 1.82) is 0 Å². The zero-order chi connectivity index (χ0) is 7.68. The first-order chi connectivity index (χ1) is 5.42. The van der Waals surface area contributed by atoms with Crippen LogP contribution in [0.1, 0.15) is 29.3 Å². The number of fused-ring (bicyclic) bond motifs is 1. The first-order valence-corrected chi connectivity index (χ1v) is 4.92. The molecule has 11 heavy (non-hydrogen) atoms. The van der Waals surface area contributed by atoms with E-state index in [0.717, 1.165) is 6.54 Å². The van der Waals surface area contributed by atoms with Gasteiger partial charge in [-0.1, -0.05) is 0 Å². The van der Waals surface area contributed by atoms with Gasteiger partial charge >= 0.3 is 0 Å². The lowest BCUT2D eigenvalue weighted by Crippen LogP contribution is -2.17. The van der Waals surface area contributed by atoms with E-state index in [-0.39, 0.29) is 0 Å². The number of aromatic nitrogens is 1. The van der Waals surface area contributed by atoms with Crippen molar-refractivity contribution in [2.24, 2.45) is 5.73 Å². The predicted molar refractivity (Wildman–Crippen MR) is 46.8 cm³/mol. The van der Waals surface area contributed by atoms with E-state index in [0.29, 0.717) is 5.92 Å². The van der Waals surface area contributed by atoms with E-state index in [1.165, 1.54) is 29.8 Å². The van der Waals surface area contributed by atoms with Gasteiger partial charge < -0.3 is 5.73 Å². The van der Waals surface area contributed by atoms with Crippen molar-refractivity contribution < 1.29 is 0 Å². The summed E-state index contributed by atoms with van der Waals surface area (Å²) < 4.78 is 0. The van der Waals surface area contributed by atoms with Crippen LogP contribution in [0.4, 0.5) is 0 Å². The summed E-state index contributed by atoms with van der Waals surface area (Å²) in [6, 6.07) is 0. The summed E-state index contributed by atoms with van der Waals surface area (Å²) in [5, 5.41) is 0. The molecule has 60 valence electrons. The second-order valence-electron chi connectivity index (χ2n) is 2.99. The average Bonchev–Trinajstić information content (AvgIpc) is 2.50. The number of nitrogens with zero attached hydrogens (tertiary/aromatic N) is 1.